The van der Waals surface area contributed by atoms with Crippen molar-refractivity contribution in [3.8, 4) is 17.2 Å². The number of ether oxygens (including phenoxy) is 3. The average molecular weight is 232 g/mol. The van der Waals surface area contributed by atoms with Crippen molar-refractivity contribution in [2.24, 2.45) is 0 Å². The molecule has 2 aromatic rings. The van der Waals surface area contributed by atoms with E-state index in [0.29, 0.717) is 11.5 Å². The Balaban J connectivity index is 2.90. The largest absolute Gasteiger partial charge is 0.493 e. The fraction of sp³-hybridized carbons (Fsp3) is 0.286. The Labute approximate surface area is 101 Å². The summed E-state index contributed by atoms with van der Waals surface area (Å²) in [6.45, 7) is 2.05. The molecule has 3 nitrogen and oxygen atoms in total. The first-order valence-electron chi connectivity index (χ1n) is 5.41. The van der Waals surface area contributed by atoms with Gasteiger partial charge in [-0.25, -0.2) is 0 Å². The van der Waals surface area contributed by atoms with Crippen LogP contribution in [-0.4, -0.2) is 21.3 Å². The Morgan fingerprint density at radius 3 is 2.18 bits per heavy atom. The van der Waals surface area contributed by atoms with Gasteiger partial charge in [-0.15, -0.1) is 0 Å². The second-order valence-electron chi connectivity index (χ2n) is 3.82. The van der Waals surface area contributed by atoms with Crippen molar-refractivity contribution in [2.75, 3.05) is 21.3 Å². The quantitative estimate of drug-likeness (QED) is 0.813. The van der Waals surface area contributed by atoms with Crippen molar-refractivity contribution in [1.29, 1.82) is 0 Å². The fourth-order valence-corrected chi connectivity index (χ4v) is 2.09. The van der Waals surface area contributed by atoms with Crippen LogP contribution >= 0.6 is 0 Å². The molecule has 0 saturated carbocycles. The van der Waals surface area contributed by atoms with E-state index in [1.54, 1.807) is 21.3 Å². The molecular weight excluding hydrogens is 216 g/mol. The molecule has 0 aromatic heterocycles. The summed E-state index contributed by atoms with van der Waals surface area (Å²) in [5.74, 6) is 2.04. The predicted molar refractivity (Wildman–Crippen MR) is 68.3 cm³/mol. The van der Waals surface area contributed by atoms with E-state index in [1.165, 1.54) is 0 Å². The van der Waals surface area contributed by atoms with Crippen molar-refractivity contribution in [3.63, 3.8) is 0 Å². The molecule has 0 heterocycles. The lowest BCUT2D eigenvalue weighted by Gasteiger charge is -2.15. The van der Waals surface area contributed by atoms with Crippen LogP contribution in [0.5, 0.6) is 17.2 Å². The molecule has 17 heavy (non-hydrogen) atoms. The number of aryl methyl sites for hydroxylation is 1. The van der Waals surface area contributed by atoms with Gasteiger partial charge in [-0.2, -0.15) is 0 Å². The molecule has 0 aliphatic heterocycles. The van der Waals surface area contributed by atoms with E-state index in [1.807, 2.05) is 18.2 Å². The molecule has 0 amide bonds. The first kappa shape index (κ1) is 11.6. The average Bonchev–Trinajstić information content (AvgIpc) is 2.36. The predicted octanol–water partition coefficient (Wildman–Crippen LogP) is 3.17. The normalized spacial score (nSPS) is 10.4. The van der Waals surface area contributed by atoms with E-state index in [9.17, 15) is 0 Å². The summed E-state index contributed by atoms with van der Waals surface area (Å²) in [4.78, 5) is 0. The third kappa shape index (κ3) is 1.78. The summed E-state index contributed by atoms with van der Waals surface area (Å²) in [7, 11) is 4.88. The third-order valence-electron chi connectivity index (χ3n) is 2.88. The molecule has 3 heteroatoms. The molecule has 0 N–H and O–H groups in total. The minimum absolute atomic E-state index is 0.636. The Bertz CT molecular complexity index is 547. The van der Waals surface area contributed by atoms with Crippen LogP contribution in [0.15, 0.2) is 24.3 Å². The Morgan fingerprint density at radius 1 is 0.882 bits per heavy atom. The second-order valence-corrected chi connectivity index (χ2v) is 3.82. The van der Waals surface area contributed by atoms with Gasteiger partial charge >= 0.3 is 0 Å². The van der Waals surface area contributed by atoms with Crippen LogP contribution in [0.25, 0.3) is 10.8 Å². The number of hydrogen-bond acceptors (Lipinski definition) is 3. The number of hydrogen-bond donors (Lipinski definition) is 0. The highest BCUT2D eigenvalue weighted by molar-refractivity contribution is 5.95. The molecule has 0 unspecified atom stereocenters. The maximum atomic E-state index is 5.47. The van der Waals surface area contributed by atoms with Gasteiger partial charge in [0.25, 0.3) is 0 Å². The molecule has 90 valence electrons. The molecule has 0 saturated heterocycles. The molecular formula is C14H16O3. The zero-order valence-corrected chi connectivity index (χ0v) is 10.5. The van der Waals surface area contributed by atoms with Gasteiger partial charge in [0.1, 0.15) is 0 Å². The highest BCUT2D eigenvalue weighted by atomic mass is 16.5. The summed E-state index contributed by atoms with van der Waals surface area (Å²) in [6.07, 6.45) is 0. The summed E-state index contributed by atoms with van der Waals surface area (Å²) >= 11 is 0. The van der Waals surface area contributed by atoms with Gasteiger partial charge < -0.3 is 14.2 Å². The monoisotopic (exact) mass is 232 g/mol. The summed E-state index contributed by atoms with van der Waals surface area (Å²) in [5, 5.41) is 2.15. The smallest absolute Gasteiger partial charge is 0.203 e. The molecule has 0 bridgehead atoms. The lowest BCUT2D eigenvalue weighted by molar-refractivity contribution is 0.327. The third-order valence-corrected chi connectivity index (χ3v) is 2.88. The lowest BCUT2D eigenvalue weighted by atomic mass is 10.0. The van der Waals surface area contributed by atoms with E-state index in [2.05, 4.69) is 13.0 Å². The van der Waals surface area contributed by atoms with Gasteiger partial charge in [-0.1, -0.05) is 18.2 Å². The van der Waals surface area contributed by atoms with E-state index in [4.69, 9.17) is 14.2 Å². The highest BCUT2D eigenvalue weighted by Crippen LogP contribution is 2.44. The number of methoxy groups -OCH3 is 3. The van der Waals surface area contributed by atoms with Crippen LogP contribution in [0.2, 0.25) is 0 Å². The molecule has 0 radical (unpaired) electrons. The zero-order valence-electron chi connectivity index (χ0n) is 10.5. The summed E-state index contributed by atoms with van der Waals surface area (Å²) < 4.78 is 16.2. The van der Waals surface area contributed by atoms with Gasteiger partial charge in [-0.3, -0.25) is 0 Å². The van der Waals surface area contributed by atoms with Gasteiger partial charge in [0.2, 0.25) is 5.75 Å². The number of rotatable bonds is 3. The maximum absolute atomic E-state index is 5.47. The molecule has 0 fully saturated rings. The van der Waals surface area contributed by atoms with Crippen LogP contribution in [-0.2, 0) is 0 Å². The summed E-state index contributed by atoms with van der Waals surface area (Å²) in [5.41, 5.74) is 1.15. The van der Waals surface area contributed by atoms with Crippen molar-refractivity contribution in [2.45, 2.75) is 6.92 Å². The van der Waals surface area contributed by atoms with Crippen LogP contribution in [0, 0.1) is 6.92 Å². The lowest BCUT2D eigenvalue weighted by Crippen LogP contribution is -1.96. The van der Waals surface area contributed by atoms with Gasteiger partial charge in [0.05, 0.1) is 21.3 Å². The number of benzene rings is 2. The maximum Gasteiger partial charge on any atom is 0.203 e. The van der Waals surface area contributed by atoms with E-state index >= 15 is 0 Å². The molecule has 0 atom stereocenters. The molecule has 0 aliphatic carbocycles. The van der Waals surface area contributed by atoms with Gasteiger partial charge in [-0.05, 0) is 23.9 Å². The first-order chi connectivity index (χ1) is 8.22. The minimum Gasteiger partial charge on any atom is -0.493 e. The SMILES string of the molecule is COc1cc2cccc(C)c2c(OC)c1OC. The van der Waals surface area contributed by atoms with Crippen molar-refractivity contribution in [1.82, 2.24) is 0 Å². The molecule has 0 spiro atoms. The zero-order chi connectivity index (χ0) is 12.4. The fourth-order valence-electron chi connectivity index (χ4n) is 2.09. The van der Waals surface area contributed by atoms with Crippen molar-refractivity contribution in [3.05, 3.63) is 29.8 Å². The van der Waals surface area contributed by atoms with Crippen molar-refractivity contribution >= 4 is 10.8 Å². The van der Waals surface area contributed by atoms with E-state index < -0.39 is 0 Å². The Hall–Kier alpha value is -1.90. The Kier molecular flexibility index (Phi) is 3.09. The van der Waals surface area contributed by atoms with E-state index in [0.717, 1.165) is 22.1 Å². The first-order valence-corrected chi connectivity index (χ1v) is 5.41. The molecule has 2 rings (SSSR count). The standard InChI is InChI=1S/C14H16O3/c1-9-6-5-7-10-8-11(15-2)13(16-3)14(17-4)12(9)10/h5-8H,1-4H3. The van der Waals surface area contributed by atoms with Gasteiger partial charge in [0, 0.05) is 5.39 Å². The molecule has 0 aliphatic rings. The topological polar surface area (TPSA) is 27.7 Å². The number of fused-ring (bicyclic) bond motifs is 1. The molecule has 2 aromatic carbocycles. The highest BCUT2D eigenvalue weighted by Gasteiger charge is 2.16. The van der Waals surface area contributed by atoms with Crippen LogP contribution < -0.4 is 14.2 Å². The van der Waals surface area contributed by atoms with Crippen LogP contribution in [0.3, 0.4) is 0 Å². The van der Waals surface area contributed by atoms with Crippen LogP contribution in [0.4, 0.5) is 0 Å². The second kappa shape index (κ2) is 4.53. The van der Waals surface area contributed by atoms with Gasteiger partial charge in [0.15, 0.2) is 11.5 Å². The minimum atomic E-state index is 0.636. The Morgan fingerprint density at radius 2 is 1.59 bits per heavy atom. The summed E-state index contributed by atoms with van der Waals surface area (Å²) in [6, 6.07) is 8.07. The van der Waals surface area contributed by atoms with Crippen LogP contribution in [0.1, 0.15) is 5.56 Å². The van der Waals surface area contributed by atoms with E-state index in [-0.39, 0.29) is 0 Å². The van der Waals surface area contributed by atoms with Crippen molar-refractivity contribution < 1.29 is 14.2 Å².